The van der Waals surface area contributed by atoms with Gasteiger partial charge in [-0.15, -0.1) is 11.3 Å². The van der Waals surface area contributed by atoms with Crippen molar-refractivity contribution in [3.63, 3.8) is 0 Å². The van der Waals surface area contributed by atoms with Gasteiger partial charge in [0.05, 0.1) is 28.1 Å². The number of fused-ring (bicyclic) bond motifs is 2. The highest BCUT2D eigenvalue weighted by Crippen LogP contribution is 2.31. The van der Waals surface area contributed by atoms with Crippen LogP contribution in [-0.4, -0.2) is 32.1 Å². The van der Waals surface area contributed by atoms with Crippen molar-refractivity contribution in [1.82, 2.24) is 19.7 Å². The standard InChI is InChI=1S/C21H18N4OS/c1-24-19(14-7-3-2-4-8-14)15-11-12-25(13-17(15)23-24)21(26)20-22-16-9-5-6-10-18(16)27-20/h2-10H,11-13H2,1H3. The van der Waals surface area contributed by atoms with Crippen molar-refractivity contribution >= 4 is 27.5 Å². The predicted octanol–water partition coefficient (Wildman–Crippen LogP) is 3.90. The Balaban J connectivity index is 1.45. The van der Waals surface area contributed by atoms with E-state index in [0.29, 0.717) is 18.1 Å². The molecule has 0 atom stereocenters. The van der Waals surface area contributed by atoms with Gasteiger partial charge in [-0.2, -0.15) is 5.10 Å². The predicted molar refractivity (Wildman–Crippen MR) is 107 cm³/mol. The number of rotatable bonds is 2. The highest BCUT2D eigenvalue weighted by atomic mass is 32.1. The van der Waals surface area contributed by atoms with Crippen molar-refractivity contribution in [2.24, 2.45) is 7.05 Å². The van der Waals surface area contributed by atoms with Crippen molar-refractivity contribution in [2.75, 3.05) is 6.54 Å². The Kier molecular flexibility index (Phi) is 3.79. The van der Waals surface area contributed by atoms with E-state index in [9.17, 15) is 4.79 Å². The van der Waals surface area contributed by atoms with Gasteiger partial charge in [-0.05, 0) is 18.6 Å². The second kappa shape index (κ2) is 6.32. The van der Waals surface area contributed by atoms with Crippen LogP contribution in [0.5, 0.6) is 0 Å². The van der Waals surface area contributed by atoms with Gasteiger partial charge in [0.2, 0.25) is 0 Å². The average molecular weight is 374 g/mol. The fourth-order valence-electron chi connectivity index (χ4n) is 3.75. The van der Waals surface area contributed by atoms with Gasteiger partial charge in [-0.25, -0.2) is 4.98 Å². The molecule has 4 aromatic rings. The lowest BCUT2D eigenvalue weighted by molar-refractivity contribution is 0.0732. The largest absolute Gasteiger partial charge is 0.330 e. The fraction of sp³-hybridized carbons (Fsp3) is 0.190. The van der Waals surface area contributed by atoms with Crippen molar-refractivity contribution in [3.8, 4) is 11.3 Å². The summed E-state index contributed by atoms with van der Waals surface area (Å²) in [6, 6.07) is 18.2. The molecule has 0 aliphatic carbocycles. The normalized spacial score (nSPS) is 13.7. The molecule has 5 rings (SSSR count). The van der Waals surface area contributed by atoms with Gasteiger partial charge < -0.3 is 4.90 Å². The Morgan fingerprint density at radius 1 is 1.07 bits per heavy atom. The number of benzene rings is 2. The third-order valence-corrected chi connectivity index (χ3v) is 6.04. The van der Waals surface area contributed by atoms with Crippen LogP contribution in [0.3, 0.4) is 0 Å². The lowest BCUT2D eigenvalue weighted by Gasteiger charge is -2.25. The maximum absolute atomic E-state index is 13.0. The van der Waals surface area contributed by atoms with Crippen LogP contribution in [0.1, 0.15) is 21.1 Å². The molecule has 0 fully saturated rings. The van der Waals surface area contributed by atoms with Crippen LogP contribution in [0.2, 0.25) is 0 Å². The first-order chi connectivity index (χ1) is 13.2. The molecule has 5 nitrogen and oxygen atoms in total. The maximum atomic E-state index is 13.0. The molecular weight excluding hydrogens is 356 g/mol. The Morgan fingerprint density at radius 3 is 2.67 bits per heavy atom. The molecule has 0 spiro atoms. The molecule has 0 saturated heterocycles. The summed E-state index contributed by atoms with van der Waals surface area (Å²) < 4.78 is 2.98. The number of aromatic nitrogens is 3. The zero-order valence-electron chi connectivity index (χ0n) is 14.9. The lowest BCUT2D eigenvalue weighted by atomic mass is 10.00. The SMILES string of the molecule is Cn1nc2c(c1-c1ccccc1)CCN(C(=O)c1nc3ccccc3s1)C2. The van der Waals surface area contributed by atoms with E-state index in [4.69, 9.17) is 5.10 Å². The number of hydrogen-bond acceptors (Lipinski definition) is 4. The highest BCUT2D eigenvalue weighted by molar-refractivity contribution is 7.20. The number of carbonyl (C=O) groups is 1. The molecule has 1 amide bonds. The van der Waals surface area contributed by atoms with Gasteiger partial charge in [0, 0.05) is 24.7 Å². The lowest BCUT2D eigenvalue weighted by Crippen LogP contribution is -2.35. The number of hydrogen-bond donors (Lipinski definition) is 0. The number of amides is 1. The van der Waals surface area contributed by atoms with Gasteiger partial charge in [-0.1, -0.05) is 42.5 Å². The minimum absolute atomic E-state index is 0.00577. The average Bonchev–Trinajstić information content (AvgIpc) is 3.27. The van der Waals surface area contributed by atoms with Gasteiger partial charge in [0.15, 0.2) is 5.01 Å². The molecular formula is C21H18N4OS. The summed E-state index contributed by atoms with van der Waals surface area (Å²) in [7, 11) is 1.97. The van der Waals surface area contributed by atoms with Gasteiger partial charge in [0.25, 0.3) is 5.91 Å². The van der Waals surface area contributed by atoms with Gasteiger partial charge in [0.1, 0.15) is 0 Å². The van der Waals surface area contributed by atoms with E-state index in [1.165, 1.54) is 22.5 Å². The zero-order valence-corrected chi connectivity index (χ0v) is 15.7. The molecule has 0 radical (unpaired) electrons. The van der Waals surface area contributed by atoms with E-state index in [0.717, 1.165) is 28.0 Å². The quantitative estimate of drug-likeness (QED) is 0.535. The van der Waals surface area contributed by atoms with Crippen molar-refractivity contribution < 1.29 is 4.79 Å². The first-order valence-electron chi connectivity index (χ1n) is 8.96. The minimum atomic E-state index is -0.00577. The monoisotopic (exact) mass is 374 g/mol. The molecule has 134 valence electrons. The van der Waals surface area contributed by atoms with E-state index in [-0.39, 0.29) is 5.91 Å². The second-order valence-electron chi connectivity index (χ2n) is 6.73. The van der Waals surface area contributed by atoms with E-state index >= 15 is 0 Å². The zero-order chi connectivity index (χ0) is 18.4. The van der Waals surface area contributed by atoms with Crippen LogP contribution in [0.25, 0.3) is 21.5 Å². The Labute approximate surface area is 160 Å². The summed E-state index contributed by atoms with van der Waals surface area (Å²) >= 11 is 1.46. The molecule has 2 aromatic carbocycles. The third-order valence-electron chi connectivity index (χ3n) is 5.01. The Morgan fingerprint density at radius 2 is 1.85 bits per heavy atom. The van der Waals surface area contributed by atoms with Gasteiger partial charge in [-0.3, -0.25) is 9.48 Å². The van der Waals surface area contributed by atoms with Gasteiger partial charge >= 0.3 is 0 Å². The number of aryl methyl sites for hydroxylation is 1. The van der Waals surface area contributed by atoms with E-state index in [1.807, 2.05) is 59.1 Å². The maximum Gasteiger partial charge on any atom is 0.283 e. The van der Waals surface area contributed by atoms with Crippen LogP contribution in [0.15, 0.2) is 54.6 Å². The smallest absolute Gasteiger partial charge is 0.283 e. The molecule has 0 unspecified atom stereocenters. The topological polar surface area (TPSA) is 51.0 Å². The summed E-state index contributed by atoms with van der Waals surface area (Å²) in [5.41, 5.74) is 5.43. The summed E-state index contributed by atoms with van der Waals surface area (Å²) in [6.07, 6.45) is 0.810. The second-order valence-corrected chi connectivity index (χ2v) is 7.76. The fourth-order valence-corrected chi connectivity index (χ4v) is 4.68. The van der Waals surface area contributed by atoms with E-state index < -0.39 is 0 Å². The third kappa shape index (κ3) is 2.73. The molecule has 0 saturated carbocycles. The number of carbonyl (C=O) groups excluding carboxylic acids is 1. The highest BCUT2D eigenvalue weighted by Gasteiger charge is 2.28. The minimum Gasteiger partial charge on any atom is -0.330 e. The molecule has 1 aliphatic heterocycles. The summed E-state index contributed by atoms with van der Waals surface area (Å²) in [5, 5.41) is 5.26. The van der Waals surface area contributed by atoms with Crippen LogP contribution in [-0.2, 0) is 20.0 Å². The van der Waals surface area contributed by atoms with Crippen molar-refractivity contribution in [1.29, 1.82) is 0 Å². The van der Waals surface area contributed by atoms with Crippen LogP contribution in [0.4, 0.5) is 0 Å². The molecule has 3 heterocycles. The molecule has 6 heteroatoms. The Hall–Kier alpha value is -2.99. The molecule has 0 N–H and O–H groups in total. The molecule has 27 heavy (non-hydrogen) atoms. The Bertz CT molecular complexity index is 1110. The van der Waals surface area contributed by atoms with Crippen LogP contribution in [0, 0.1) is 0 Å². The number of para-hydroxylation sites is 1. The first kappa shape index (κ1) is 16.2. The number of nitrogens with zero attached hydrogens (tertiary/aromatic N) is 4. The van der Waals surface area contributed by atoms with Crippen molar-refractivity contribution in [3.05, 3.63) is 70.9 Å². The summed E-state index contributed by atoms with van der Waals surface area (Å²) in [6.45, 7) is 1.22. The van der Waals surface area contributed by atoms with Crippen LogP contribution < -0.4 is 0 Å². The van der Waals surface area contributed by atoms with E-state index in [2.05, 4.69) is 17.1 Å². The summed E-state index contributed by atoms with van der Waals surface area (Å²) in [5.74, 6) is -0.00577. The number of thiazole rings is 1. The summed E-state index contributed by atoms with van der Waals surface area (Å²) in [4.78, 5) is 19.4. The molecule has 0 bridgehead atoms. The molecule has 1 aliphatic rings. The van der Waals surface area contributed by atoms with Crippen LogP contribution >= 0.6 is 11.3 Å². The first-order valence-corrected chi connectivity index (χ1v) is 9.77. The van der Waals surface area contributed by atoms with E-state index in [1.54, 1.807) is 0 Å². The molecule has 2 aromatic heterocycles. The van der Waals surface area contributed by atoms with Crippen molar-refractivity contribution in [2.45, 2.75) is 13.0 Å².